The van der Waals surface area contributed by atoms with E-state index in [0.29, 0.717) is 5.56 Å². The molecule has 0 amide bonds. The topological polar surface area (TPSA) is 115 Å². The van der Waals surface area contributed by atoms with Gasteiger partial charge < -0.3 is 25.1 Å². The summed E-state index contributed by atoms with van der Waals surface area (Å²) in [6, 6.07) is 3.69. The Kier molecular flexibility index (Phi) is 5.46. The molecule has 0 radical (unpaired) electrons. The summed E-state index contributed by atoms with van der Waals surface area (Å²) in [7, 11) is 1.44. The highest BCUT2D eigenvalue weighted by Gasteiger charge is 2.38. The lowest BCUT2D eigenvalue weighted by atomic mass is 9.81. The van der Waals surface area contributed by atoms with E-state index in [1.165, 1.54) is 7.11 Å². The second kappa shape index (κ2) is 7.40. The fraction of sp³-hybridized carbons (Fsp3) is 0.368. The zero-order valence-electron chi connectivity index (χ0n) is 15.5. The predicted molar refractivity (Wildman–Crippen MR) is 94.1 cm³/mol. The quantitative estimate of drug-likeness (QED) is 0.795. The van der Waals surface area contributed by atoms with Crippen molar-refractivity contribution in [2.24, 2.45) is 5.73 Å². The van der Waals surface area contributed by atoms with Gasteiger partial charge in [-0.2, -0.15) is 5.26 Å². The third kappa shape index (κ3) is 3.06. The van der Waals surface area contributed by atoms with E-state index in [1.807, 2.05) is 19.9 Å². The van der Waals surface area contributed by atoms with Crippen molar-refractivity contribution in [3.05, 3.63) is 45.5 Å². The number of benzene rings is 1. The molecule has 1 aliphatic rings. The van der Waals surface area contributed by atoms with Gasteiger partial charge in [-0.25, -0.2) is 4.79 Å². The minimum absolute atomic E-state index is 0.0271. The lowest BCUT2D eigenvalue weighted by Crippen LogP contribution is -2.25. The van der Waals surface area contributed by atoms with E-state index in [0.717, 1.165) is 11.1 Å². The Bertz CT molecular complexity index is 862. The maximum atomic E-state index is 12.5. The number of methoxy groups -OCH3 is 1. The molecule has 7 heteroatoms. The SMILES string of the molecule is CCOC(=O)C1=C(C)OC(N)=C(C#N)C1c1cc(C)c(C)c(OC)c1O. The van der Waals surface area contributed by atoms with E-state index in [-0.39, 0.29) is 40.9 Å². The highest BCUT2D eigenvalue weighted by molar-refractivity contribution is 5.93. The van der Waals surface area contributed by atoms with Crippen molar-refractivity contribution in [3.8, 4) is 17.6 Å². The number of aromatic hydroxyl groups is 1. The summed E-state index contributed by atoms with van der Waals surface area (Å²) in [5.74, 6) is -1.31. The minimum Gasteiger partial charge on any atom is -0.504 e. The number of nitriles is 1. The summed E-state index contributed by atoms with van der Waals surface area (Å²) in [6.45, 7) is 7.06. The molecule has 1 aliphatic heterocycles. The predicted octanol–water partition coefficient (Wildman–Crippen LogP) is 2.66. The molecular weight excluding hydrogens is 336 g/mol. The molecule has 138 valence electrons. The van der Waals surface area contributed by atoms with Gasteiger partial charge in [-0.15, -0.1) is 0 Å². The number of carbonyl (C=O) groups excluding carboxylic acids is 1. The molecule has 26 heavy (non-hydrogen) atoms. The Labute approximate surface area is 152 Å². The third-order valence-corrected chi connectivity index (χ3v) is 4.41. The van der Waals surface area contributed by atoms with Crippen LogP contribution in [0.15, 0.2) is 28.9 Å². The molecule has 0 saturated heterocycles. The van der Waals surface area contributed by atoms with Crippen LogP contribution in [0.5, 0.6) is 11.5 Å². The normalized spacial score (nSPS) is 16.8. The number of allylic oxidation sites excluding steroid dienone is 2. The van der Waals surface area contributed by atoms with Crippen LogP contribution in [0.25, 0.3) is 0 Å². The molecular formula is C19H22N2O5. The molecule has 0 aromatic heterocycles. The van der Waals surface area contributed by atoms with Gasteiger partial charge in [-0.05, 0) is 38.8 Å². The van der Waals surface area contributed by atoms with Crippen LogP contribution in [0.3, 0.4) is 0 Å². The van der Waals surface area contributed by atoms with Crippen LogP contribution < -0.4 is 10.5 Å². The van der Waals surface area contributed by atoms with Crippen LogP contribution in [0.2, 0.25) is 0 Å². The van der Waals surface area contributed by atoms with E-state index in [2.05, 4.69) is 0 Å². The zero-order valence-corrected chi connectivity index (χ0v) is 15.5. The van der Waals surface area contributed by atoms with Gasteiger partial charge in [0.2, 0.25) is 5.88 Å². The van der Waals surface area contributed by atoms with Crippen molar-refractivity contribution in [1.82, 2.24) is 0 Å². The van der Waals surface area contributed by atoms with Crippen molar-refractivity contribution in [1.29, 1.82) is 5.26 Å². The number of carbonyl (C=O) groups is 1. The molecule has 1 heterocycles. The fourth-order valence-electron chi connectivity index (χ4n) is 3.03. The number of phenols is 1. The van der Waals surface area contributed by atoms with Gasteiger partial charge in [-0.3, -0.25) is 0 Å². The number of phenolic OH excluding ortho intramolecular Hbond substituents is 1. The number of nitrogens with zero attached hydrogens (tertiary/aromatic N) is 1. The average Bonchev–Trinajstić information content (AvgIpc) is 2.58. The van der Waals surface area contributed by atoms with E-state index >= 15 is 0 Å². The molecule has 1 atom stereocenters. The Morgan fingerprint density at radius 1 is 1.42 bits per heavy atom. The molecule has 7 nitrogen and oxygen atoms in total. The number of nitrogens with two attached hydrogens (primary N) is 1. The monoisotopic (exact) mass is 358 g/mol. The second-order valence-electron chi connectivity index (χ2n) is 5.90. The highest BCUT2D eigenvalue weighted by atomic mass is 16.5. The summed E-state index contributed by atoms with van der Waals surface area (Å²) in [5.41, 5.74) is 7.94. The number of esters is 1. The lowest BCUT2D eigenvalue weighted by molar-refractivity contribution is -0.139. The molecule has 0 bridgehead atoms. The van der Waals surface area contributed by atoms with Crippen molar-refractivity contribution < 1.29 is 24.1 Å². The molecule has 0 saturated carbocycles. The average molecular weight is 358 g/mol. The molecule has 1 aromatic carbocycles. The van der Waals surface area contributed by atoms with Crippen molar-refractivity contribution in [3.63, 3.8) is 0 Å². The van der Waals surface area contributed by atoms with Gasteiger partial charge >= 0.3 is 5.97 Å². The molecule has 3 N–H and O–H groups in total. The van der Waals surface area contributed by atoms with E-state index < -0.39 is 11.9 Å². The number of ether oxygens (including phenoxy) is 3. The number of hydrogen-bond donors (Lipinski definition) is 2. The summed E-state index contributed by atoms with van der Waals surface area (Å²) in [4.78, 5) is 12.5. The van der Waals surface area contributed by atoms with Crippen LogP contribution in [0.4, 0.5) is 0 Å². The van der Waals surface area contributed by atoms with E-state index in [1.54, 1.807) is 19.9 Å². The number of aryl methyl sites for hydroxylation is 1. The van der Waals surface area contributed by atoms with Crippen LogP contribution in [0, 0.1) is 25.2 Å². The molecule has 0 spiro atoms. The Morgan fingerprint density at radius 2 is 2.08 bits per heavy atom. The van der Waals surface area contributed by atoms with Gasteiger partial charge in [0.15, 0.2) is 11.5 Å². The van der Waals surface area contributed by atoms with E-state index in [9.17, 15) is 15.2 Å². The summed E-state index contributed by atoms with van der Waals surface area (Å²) in [5, 5.41) is 20.3. The number of rotatable bonds is 4. The van der Waals surface area contributed by atoms with Crippen molar-refractivity contribution in [2.75, 3.05) is 13.7 Å². The van der Waals surface area contributed by atoms with Crippen LogP contribution in [-0.4, -0.2) is 24.8 Å². The summed E-state index contributed by atoms with van der Waals surface area (Å²) in [6.07, 6.45) is 0. The summed E-state index contributed by atoms with van der Waals surface area (Å²) < 4.78 is 15.8. The largest absolute Gasteiger partial charge is 0.504 e. The number of hydrogen-bond acceptors (Lipinski definition) is 7. The maximum Gasteiger partial charge on any atom is 0.338 e. The Hall–Kier alpha value is -3.14. The van der Waals surface area contributed by atoms with Gasteiger partial charge in [-0.1, -0.05) is 6.07 Å². The van der Waals surface area contributed by atoms with Gasteiger partial charge in [0.25, 0.3) is 0 Å². The smallest absolute Gasteiger partial charge is 0.338 e. The second-order valence-corrected chi connectivity index (χ2v) is 5.90. The minimum atomic E-state index is -0.916. The molecule has 2 rings (SSSR count). The first-order valence-corrected chi connectivity index (χ1v) is 8.10. The molecule has 1 aromatic rings. The Balaban J connectivity index is 2.80. The van der Waals surface area contributed by atoms with Crippen LogP contribution in [0.1, 0.15) is 36.5 Å². The molecule has 1 unspecified atom stereocenters. The van der Waals surface area contributed by atoms with Gasteiger partial charge in [0, 0.05) is 5.56 Å². The van der Waals surface area contributed by atoms with Crippen molar-refractivity contribution >= 4 is 5.97 Å². The van der Waals surface area contributed by atoms with Gasteiger partial charge in [0.05, 0.1) is 25.2 Å². The Morgan fingerprint density at radius 3 is 2.62 bits per heavy atom. The highest BCUT2D eigenvalue weighted by Crippen LogP contribution is 2.47. The zero-order chi connectivity index (χ0) is 19.6. The van der Waals surface area contributed by atoms with Crippen molar-refractivity contribution in [2.45, 2.75) is 33.6 Å². The fourth-order valence-corrected chi connectivity index (χ4v) is 3.03. The molecule has 0 aliphatic carbocycles. The first-order valence-electron chi connectivity index (χ1n) is 8.10. The van der Waals surface area contributed by atoms with Crippen LogP contribution in [-0.2, 0) is 14.3 Å². The summed E-state index contributed by atoms with van der Waals surface area (Å²) >= 11 is 0. The van der Waals surface area contributed by atoms with Gasteiger partial charge in [0.1, 0.15) is 17.4 Å². The van der Waals surface area contributed by atoms with E-state index in [4.69, 9.17) is 19.9 Å². The standard InChI is InChI=1S/C19H22N2O5/c1-6-25-19(23)14-11(4)26-18(21)13(8-20)15(14)12-7-9(2)10(3)17(24-5)16(12)22/h7,15,22H,6,21H2,1-5H3. The third-order valence-electron chi connectivity index (χ3n) is 4.41. The first-order chi connectivity index (χ1) is 12.3. The maximum absolute atomic E-state index is 12.5. The first kappa shape index (κ1) is 19.2. The molecule has 0 fully saturated rings. The van der Waals surface area contributed by atoms with Crippen LogP contribution >= 0.6 is 0 Å². The lowest BCUT2D eigenvalue weighted by Gasteiger charge is -2.28.